The number of carbonyl (C=O) groups is 1. The van der Waals surface area contributed by atoms with E-state index in [0.29, 0.717) is 38.3 Å². The van der Waals surface area contributed by atoms with E-state index in [-0.39, 0.29) is 17.9 Å². The average molecular weight is 343 g/mol. The first kappa shape index (κ1) is 17.9. The average Bonchev–Trinajstić information content (AvgIpc) is 2.75. The lowest BCUT2D eigenvalue weighted by molar-refractivity contribution is -0.136. The minimum atomic E-state index is -3.19. The van der Waals surface area contributed by atoms with E-state index in [1.807, 2.05) is 25.7 Å². The Morgan fingerprint density at radius 2 is 1.96 bits per heavy atom. The molecule has 0 aromatic carbocycles. The van der Waals surface area contributed by atoms with Crippen molar-refractivity contribution in [2.75, 3.05) is 19.3 Å². The first-order valence-electron chi connectivity index (χ1n) is 7.80. The van der Waals surface area contributed by atoms with Gasteiger partial charge in [-0.05, 0) is 26.7 Å². The molecule has 0 radical (unpaired) electrons. The van der Waals surface area contributed by atoms with Crippen molar-refractivity contribution in [2.45, 2.75) is 46.2 Å². The highest BCUT2D eigenvalue weighted by atomic mass is 32.2. The summed E-state index contributed by atoms with van der Waals surface area (Å²) in [5.74, 6) is 1.40. The zero-order valence-corrected chi connectivity index (χ0v) is 14.9. The van der Waals surface area contributed by atoms with Crippen LogP contribution < -0.4 is 4.72 Å². The number of amides is 1. The van der Waals surface area contributed by atoms with Gasteiger partial charge >= 0.3 is 0 Å². The van der Waals surface area contributed by atoms with Crippen molar-refractivity contribution in [2.24, 2.45) is 5.92 Å². The van der Waals surface area contributed by atoms with E-state index in [4.69, 9.17) is 0 Å². The summed E-state index contributed by atoms with van der Waals surface area (Å²) >= 11 is 0. The number of aromatic nitrogens is 3. The zero-order chi connectivity index (χ0) is 17.2. The summed E-state index contributed by atoms with van der Waals surface area (Å²) in [6.07, 6.45) is 2.45. The number of aryl methyl sites for hydroxylation is 2. The molecule has 1 aliphatic rings. The normalized spacial score (nSPS) is 18.2. The maximum atomic E-state index is 12.5. The van der Waals surface area contributed by atoms with Crippen LogP contribution in [0.15, 0.2) is 0 Å². The minimum absolute atomic E-state index is 0.0790. The molecule has 1 fully saturated rings. The second-order valence-electron chi connectivity index (χ2n) is 6.28. The SMILES string of the molecule is Cc1nc(C)n(CC(C)C(=O)N2CCC(NS(C)(=O)=O)CC2)n1. The molecule has 0 spiro atoms. The van der Waals surface area contributed by atoms with Crippen molar-refractivity contribution < 1.29 is 13.2 Å². The quantitative estimate of drug-likeness (QED) is 0.816. The lowest BCUT2D eigenvalue weighted by Crippen LogP contribution is -2.48. The molecule has 1 aromatic heterocycles. The van der Waals surface area contributed by atoms with Crippen LogP contribution >= 0.6 is 0 Å². The Morgan fingerprint density at radius 1 is 1.35 bits per heavy atom. The predicted molar refractivity (Wildman–Crippen MR) is 86.2 cm³/mol. The standard InChI is InChI=1S/C14H25N5O3S/c1-10(9-19-12(3)15-11(2)16-19)14(20)18-7-5-13(6-8-18)17-23(4,21)22/h10,13,17H,5-9H2,1-4H3. The van der Waals surface area contributed by atoms with Crippen LogP contribution in [0.5, 0.6) is 0 Å². The number of rotatable bonds is 5. The van der Waals surface area contributed by atoms with E-state index in [0.717, 1.165) is 12.1 Å². The zero-order valence-electron chi connectivity index (χ0n) is 14.1. The molecule has 2 heterocycles. The van der Waals surface area contributed by atoms with Crippen molar-refractivity contribution in [3.8, 4) is 0 Å². The molecule has 1 aromatic rings. The van der Waals surface area contributed by atoms with Gasteiger partial charge in [0.15, 0.2) is 0 Å². The highest BCUT2D eigenvalue weighted by molar-refractivity contribution is 7.88. The van der Waals surface area contributed by atoms with Crippen LogP contribution in [-0.4, -0.2) is 59.4 Å². The van der Waals surface area contributed by atoms with Crippen LogP contribution in [-0.2, 0) is 21.4 Å². The lowest BCUT2D eigenvalue weighted by Gasteiger charge is -2.33. The molecule has 1 aliphatic heterocycles. The largest absolute Gasteiger partial charge is 0.342 e. The van der Waals surface area contributed by atoms with Crippen LogP contribution in [0.25, 0.3) is 0 Å². The van der Waals surface area contributed by atoms with E-state index in [9.17, 15) is 13.2 Å². The minimum Gasteiger partial charge on any atom is -0.342 e. The molecular weight excluding hydrogens is 318 g/mol. The van der Waals surface area contributed by atoms with Crippen molar-refractivity contribution in [1.82, 2.24) is 24.4 Å². The molecule has 2 rings (SSSR count). The topological polar surface area (TPSA) is 97.2 Å². The first-order valence-corrected chi connectivity index (χ1v) is 9.69. The predicted octanol–water partition coefficient (Wildman–Crippen LogP) is 0.0712. The van der Waals surface area contributed by atoms with E-state index < -0.39 is 10.0 Å². The first-order chi connectivity index (χ1) is 10.7. The maximum absolute atomic E-state index is 12.5. The number of hydrogen-bond donors (Lipinski definition) is 1. The van der Waals surface area contributed by atoms with Crippen LogP contribution in [0.3, 0.4) is 0 Å². The number of likely N-dealkylation sites (tertiary alicyclic amines) is 1. The highest BCUT2D eigenvalue weighted by Gasteiger charge is 2.27. The Kier molecular flexibility index (Phi) is 5.41. The molecule has 1 atom stereocenters. The van der Waals surface area contributed by atoms with Crippen molar-refractivity contribution in [3.05, 3.63) is 11.6 Å². The third-order valence-corrected chi connectivity index (χ3v) is 4.78. The number of hydrogen-bond acceptors (Lipinski definition) is 5. The van der Waals surface area contributed by atoms with Gasteiger partial charge in [-0.25, -0.2) is 22.8 Å². The van der Waals surface area contributed by atoms with Crippen molar-refractivity contribution >= 4 is 15.9 Å². The number of nitrogens with zero attached hydrogens (tertiary/aromatic N) is 4. The van der Waals surface area contributed by atoms with Gasteiger partial charge < -0.3 is 4.90 Å². The number of piperidine rings is 1. The number of carbonyl (C=O) groups excluding carboxylic acids is 1. The summed E-state index contributed by atoms with van der Waals surface area (Å²) in [5.41, 5.74) is 0. The van der Waals surface area contributed by atoms with Gasteiger partial charge in [-0.1, -0.05) is 6.92 Å². The van der Waals surface area contributed by atoms with Gasteiger partial charge in [0, 0.05) is 19.1 Å². The molecule has 130 valence electrons. The molecule has 1 amide bonds. The van der Waals surface area contributed by atoms with Gasteiger partial charge in [0.1, 0.15) is 11.6 Å². The fraction of sp³-hybridized carbons (Fsp3) is 0.786. The van der Waals surface area contributed by atoms with Crippen LogP contribution in [0.4, 0.5) is 0 Å². The summed E-state index contributed by atoms with van der Waals surface area (Å²) < 4.78 is 26.9. The van der Waals surface area contributed by atoms with Gasteiger partial charge in [-0.2, -0.15) is 5.10 Å². The van der Waals surface area contributed by atoms with Crippen molar-refractivity contribution in [3.63, 3.8) is 0 Å². The Morgan fingerprint density at radius 3 is 2.43 bits per heavy atom. The molecule has 9 heteroatoms. The van der Waals surface area contributed by atoms with Gasteiger partial charge in [0.05, 0.1) is 18.7 Å². The molecule has 0 bridgehead atoms. The maximum Gasteiger partial charge on any atom is 0.227 e. The molecule has 23 heavy (non-hydrogen) atoms. The third-order valence-electron chi connectivity index (χ3n) is 4.02. The monoisotopic (exact) mass is 343 g/mol. The summed E-state index contributed by atoms with van der Waals surface area (Å²) in [6, 6.07) is -0.0791. The van der Waals surface area contributed by atoms with Crippen LogP contribution in [0, 0.1) is 19.8 Å². The fourth-order valence-corrected chi connectivity index (χ4v) is 3.75. The second-order valence-corrected chi connectivity index (χ2v) is 8.06. The summed E-state index contributed by atoms with van der Waals surface area (Å²) in [6.45, 7) is 7.25. The molecule has 1 N–H and O–H groups in total. The van der Waals surface area contributed by atoms with Gasteiger partial charge in [-0.3, -0.25) is 4.79 Å². The number of nitrogens with one attached hydrogen (secondary N) is 1. The summed E-state index contributed by atoms with van der Waals surface area (Å²) in [4.78, 5) is 18.6. The van der Waals surface area contributed by atoms with E-state index >= 15 is 0 Å². The van der Waals surface area contributed by atoms with Crippen molar-refractivity contribution in [1.29, 1.82) is 0 Å². The number of sulfonamides is 1. The molecule has 0 saturated carbocycles. The van der Waals surface area contributed by atoms with Gasteiger partial charge in [0.2, 0.25) is 15.9 Å². The Labute approximate surface area is 137 Å². The Hall–Kier alpha value is -1.48. The molecule has 8 nitrogen and oxygen atoms in total. The Bertz CT molecular complexity index is 662. The van der Waals surface area contributed by atoms with Gasteiger partial charge in [-0.15, -0.1) is 0 Å². The van der Waals surface area contributed by atoms with E-state index in [2.05, 4.69) is 14.8 Å². The Balaban J connectivity index is 1.88. The molecule has 1 unspecified atom stereocenters. The second kappa shape index (κ2) is 6.96. The smallest absolute Gasteiger partial charge is 0.227 e. The lowest BCUT2D eigenvalue weighted by atomic mass is 10.0. The van der Waals surface area contributed by atoms with E-state index in [1.54, 1.807) is 4.68 Å². The van der Waals surface area contributed by atoms with Gasteiger partial charge in [0.25, 0.3) is 0 Å². The summed E-state index contributed by atoms with van der Waals surface area (Å²) in [7, 11) is -3.19. The molecule has 1 saturated heterocycles. The van der Waals surface area contributed by atoms with E-state index in [1.165, 1.54) is 0 Å². The van der Waals surface area contributed by atoms with Crippen LogP contribution in [0.1, 0.15) is 31.4 Å². The summed E-state index contributed by atoms with van der Waals surface area (Å²) in [5, 5.41) is 4.29. The van der Waals surface area contributed by atoms with Crippen LogP contribution in [0.2, 0.25) is 0 Å². The third kappa shape index (κ3) is 5.00. The highest BCUT2D eigenvalue weighted by Crippen LogP contribution is 2.15. The molecular formula is C14H25N5O3S. The fourth-order valence-electron chi connectivity index (χ4n) is 2.90. The molecule has 0 aliphatic carbocycles.